The van der Waals surface area contributed by atoms with E-state index in [1.165, 1.54) is 6.07 Å². The van der Waals surface area contributed by atoms with Gasteiger partial charge in [0.25, 0.3) is 0 Å². The molecule has 2 N–H and O–H groups in total. The molecule has 0 radical (unpaired) electrons. The molecule has 2 aromatic rings. The number of benzene rings is 1. The molecule has 1 aromatic heterocycles. The molecule has 0 unspecified atom stereocenters. The highest BCUT2D eigenvalue weighted by Crippen LogP contribution is 2.29. The lowest BCUT2D eigenvalue weighted by Crippen LogP contribution is -1.97. The van der Waals surface area contributed by atoms with Crippen molar-refractivity contribution >= 4 is 29.2 Å². The zero-order chi connectivity index (χ0) is 12.4. The van der Waals surface area contributed by atoms with Crippen LogP contribution >= 0.6 is 23.2 Å². The molecule has 88 valence electrons. The normalized spacial score (nSPS) is 10.3. The number of nitrogens with zero attached hydrogens (tertiary/aromatic N) is 2. The first-order chi connectivity index (χ1) is 8.04. The molecular weight excluding hydrogens is 261 g/mol. The zero-order valence-corrected chi connectivity index (χ0v) is 10.5. The van der Waals surface area contributed by atoms with Crippen LogP contribution in [0, 0.1) is 6.92 Å². The number of rotatable bonds is 2. The molecule has 1 heterocycles. The van der Waals surface area contributed by atoms with Crippen LogP contribution in [0.2, 0.25) is 10.2 Å². The molecule has 6 heteroatoms. The molecule has 0 aliphatic carbocycles. The van der Waals surface area contributed by atoms with Crippen LogP contribution < -0.4 is 10.5 Å². The Morgan fingerprint density at radius 2 is 1.94 bits per heavy atom. The highest BCUT2D eigenvalue weighted by Gasteiger charge is 2.06. The van der Waals surface area contributed by atoms with Crippen LogP contribution in [0.5, 0.6) is 11.6 Å². The van der Waals surface area contributed by atoms with E-state index in [1.807, 2.05) is 13.0 Å². The first-order valence-electron chi connectivity index (χ1n) is 4.78. The Balaban J connectivity index is 2.31. The first kappa shape index (κ1) is 12.0. The molecule has 0 spiro atoms. The molecule has 4 nitrogen and oxygen atoms in total. The van der Waals surface area contributed by atoms with Gasteiger partial charge in [-0.25, -0.2) is 4.98 Å². The first-order valence-corrected chi connectivity index (χ1v) is 5.54. The predicted molar refractivity (Wildman–Crippen MR) is 67.7 cm³/mol. The van der Waals surface area contributed by atoms with Crippen molar-refractivity contribution in [1.29, 1.82) is 0 Å². The molecule has 0 saturated carbocycles. The van der Waals surface area contributed by atoms with Gasteiger partial charge in [0.15, 0.2) is 0 Å². The monoisotopic (exact) mass is 269 g/mol. The summed E-state index contributed by atoms with van der Waals surface area (Å²) >= 11 is 11.8. The van der Waals surface area contributed by atoms with E-state index >= 15 is 0 Å². The van der Waals surface area contributed by atoms with E-state index in [9.17, 15) is 0 Å². The summed E-state index contributed by atoms with van der Waals surface area (Å²) in [5.41, 5.74) is 6.50. The molecule has 0 aliphatic heterocycles. The number of aromatic nitrogens is 2. The maximum atomic E-state index is 6.03. The average Bonchev–Trinajstić information content (AvgIpc) is 2.21. The van der Waals surface area contributed by atoms with Gasteiger partial charge in [0.2, 0.25) is 11.8 Å². The van der Waals surface area contributed by atoms with Gasteiger partial charge in [-0.15, -0.1) is 0 Å². The number of hydrogen-bond acceptors (Lipinski definition) is 4. The standard InChI is InChI=1S/C11H9Cl2N3O/c1-6-2-3-8(7(12)4-6)17-10-5-9(13)15-11(14)16-10/h2-5H,1H3,(H2,14,15,16). The zero-order valence-electron chi connectivity index (χ0n) is 8.95. The van der Waals surface area contributed by atoms with Crippen molar-refractivity contribution in [2.45, 2.75) is 6.92 Å². The lowest BCUT2D eigenvalue weighted by molar-refractivity contribution is 0.463. The van der Waals surface area contributed by atoms with Gasteiger partial charge in [0.05, 0.1) is 5.02 Å². The number of hydrogen-bond donors (Lipinski definition) is 1. The number of ether oxygens (including phenoxy) is 1. The van der Waals surface area contributed by atoms with Crippen molar-refractivity contribution in [3.8, 4) is 11.6 Å². The maximum absolute atomic E-state index is 6.03. The van der Waals surface area contributed by atoms with Crippen molar-refractivity contribution in [3.05, 3.63) is 40.0 Å². The third-order valence-electron chi connectivity index (χ3n) is 1.99. The smallest absolute Gasteiger partial charge is 0.225 e. The summed E-state index contributed by atoms with van der Waals surface area (Å²) in [4.78, 5) is 7.63. The molecule has 0 saturated heterocycles. The van der Waals surface area contributed by atoms with Crippen molar-refractivity contribution in [2.24, 2.45) is 0 Å². The van der Waals surface area contributed by atoms with Crippen molar-refractivity contribution in [3.63, 3.8) is 0 Å². The summed E-state index contributed by atoms with van der Waals surface area (Å²) in [6.45, 7) is 1.94. The third-order valence-corrected chi connectivity index (χ3v) is 2.48. The van der Waals surface area contributed by atoms with Crippen LogP contribution in [0.4, 0.5) is 5.95 Å². The van der Waals surface area contributed by atoms with Gasteiger partial charge < -0.3 is 10.5 Å². The topological polar surface area (TPSA) is 61.0 Å². The molecular formula is C11H9Cl2N3O. The lowest BCUT2D eigenvalue weighted by atomic mass is 10.2. The van der Waals surface area contributed by atoms with Crippen LogP contribution in [-0.4, -0.2) is 9.97 Å². The number of aryl methyl sites for hydroxylation is 1. The minimum Gasteiger partial charge on any atom is -0.437 e. The molecule has 2 rings (SSSR count). The number of halogens is 2. The van der Waals surface area contributed by atoms with Crippen molar-refractivity contribution in [1.82, 2.24) is 9.97 Å². The van der Waals surface area contributed by atoms with Gasteiger partial charge in [-0.05, 0) is 24.6 Å². The molecule has 1 aromatic carbocycles. The quantitative estimate of drug-likeness (QED) is 0.849. The summed E-state index contributed by atoms with van der Waals surface area (Å²) in [7, 11) is 0. The summed E-state index contributed by atoms with van der Waals surface area (Å²) in [5, 5.41) is 0.717. The fourth-order valence-corrected chi connectivity index (χ4v) is 1.72. The fourth-order valence-electron chi connectivity index (χ4n) is 1.27. The van der Waals surface area contributed by atoms with Crippen LogP contribution in [0.15, 0.2) is 24.3 Å². The highest BCUT2D eigenvalue weighted by atomic mass is 35.5. The van der Waals surface area contributed by atoms with Gasteiger partial charge >= 0.3 is 0 Å². The van der Waals surface area contributed by atoms with Gasteiger partial charge in [-0.2, -0.15) is 4.98 Å². The Hall–Kier alpha value is -1.52. The molecule has 17 heavy (non-hydrogen) atoms. The van der Waals surface area contributed by atoms with E-state index in [2.05, 4.69) is 9.97 Å². The van der Waals surface area contributed by atoms with E-state index in [0.717, 1.165) is 5.56 Å². The fraction of sp³-hybridized carbons (Fsp3) is 0.0909. The number of nitrogen functional groups attached to an aromatic ring is 1. The number of nitrogens with two attached hydrogens (primary N) is 1. The van der Waals surface area contributed by atoms with Gasteiger partial charge in [0, 0.05) is 6.07 Å². The van der Waals surface area contributed by atoms with Crippen molar-refractivity contribution in [2.75, 3.05) is 5.73 Å². The Morgan fingerprint density at radius 3 is 2.59 bits per heavy atom. The summed E-state index contributed by atoms with van der Waals surface area (Å²) in [5.74, 6) is 0.801. The van der Waals surface area contributed by atoms with E-state index in [-0.39, 0.29) is 17.0 Å². The van der Waals surface area contributed by atoms with Crippen LogP contribution in [0.3, 0.4) is 0 Å². The minimum atomic E-state index is 0.0516. The van der Waals surface area contributed by atoms with E-state index in [1.54, 1.807) is 12.1 Å². The highest BCUT2D eigenvalue weighted by molar-refractivity contribution is 6.32. The van der Waals surface area contributed by atoms with Gasteiger partial charge in [-0.3, -0.25) is 0 Å². The van der Waals surface area contributed by atoms with E-state index in [4.69, 9.17) is 33.7 Å². The summed E-state index contributed by atoms with van der Waals surface area (Å²) in [6, 6.07) is 6.90. The maximum Gasteiger partial charge on any atom is 0.225 e. The Bertz CT molecular complexity index is 540. The van der Waals surface area contributed by atoms with E-state index in [0.29, 0.717) is 10.8 Å². The number of anilines is 1. The second kappa shape index (κ2) is 4.77. The second-order valence-corrected chi connectivity index (χ2v) is 4.22. The van der Waals surface area contributed by atoms with Gasteiger partial charge in [0.1, 0.15) is 10.9 Å². The van der Waals surface area contributed by atoms with E-state index < -0.39 is 0 Å². The summed E-state index contributed by atoms with van der Waals surface area (Å²) < 4.78 is 5.48. The lowest BCUT2D eigenvalue weighted by Gasteiger charge is -2.07. The Labute approximate surface area is 108 Å². The second-order valence-electron chi connectivity index (χ2n) is 3.42. The van der Waals surface area contributed by atoms with Crippen LogP contribution in [0.25, 0.3) is 0 Å². The van der Waals surface area contributed by atoms with Crippen LogP contribution in [0.1, 0.15) is 5.56 Å². The minimum absolute atomic E-state index is 0.0516. The molecule has 0 fully saturated rings. The molecule has 0 amide bonds. The largest absolute Gasteiger partial charge is 0.437 e. The summed E-state index contributed by atoms with van der Waals surface area (Å²) in [6.07, 6.45) is 0. The predicted octanol–water partition coefficient (Wildman–Crippen LogP) is 3.47. The molecule has 0 atom stereocenters. The Morgan fingerprint density at radius 1 is 1.18 bits per heavy atom. The average molecular weight is 270 g/mol. The van der Waals surface area contributed by atoms with Crippen molar-refractivity contribution < 1.29 is 4.74 Å². The van der Waals surface area contributed by atoms with Crippen LogP contribution in [-0.2, 0) is 0 Å². The Kier molecular flexibility index (Phi) is 3.36. The SMILES string of the molecule is Cc1ccc(Oc2cc(Cl)nc(N)n2)c(Cl)c1. The third kappa shape index (κ3) is 2.99. The molecule has 0 bridgehead atoms. The molecule has 0 aliphatic rings. The van der Waals surface area contributed by atoms with Gasteiger partial charge in [-0.1, -0.05) is 29.3 Å².